The number of nitrogens with zero attached hydrogens (tertiary/aromatic N) is 4. The maximum absolute atomic E-state index is 12.5. The zero-order valence-electron chi connectivity index (χ0n) is 16.5. The van der Waals surface area contributed by atoms with Gasteiger partial charge in [-0.3, -0.25) is 14.3 Å². The topological polar surface area (TPSA) is 81.9 Å². The fourth-order valence-corrected chi connectivity index (χ4v) is 3.85. The largest absolute Gasteiger partial charge is 0.383 e. The third kappa shape index (κ3) is 4.67. The highest BCUT2D eigenvalue weighted by Crippen LogP contribution is 2.24. The van der Waals surface area contributed by atoms with Crippen LogP contribution in [0.25, 0.3) is 22.2 Å². The highest BCUT2D eigenvalue weighted by molar-refractivity contribution is 7.99. The molecule has 0 radical (unpaired) electrons. The van der Waals surface area contributed by atoms with Crippen molar-refractivity contribution in [3.05, 3.63) is 67.0 Å². The first-order valence-electron chi connectivity index (χ1n) is 9.48. The van der Waals surface area contributed by atoms with E-state index in [1.54, 1.807) is 19.5 Å². The summed E-state index contributed by atoms with van der Waals surface area (Å²) in [5, 5.41) is 14.5. The standard InChI is InChI=1S/C22H21N5O2S/c1-29-13-12-27-21(17-8-10-23-11-9-17)25-26-22(27)30-15-20(28)24-19-7-6-16-4-2-3-5-18(16)14-19/h2-11,14H,12-13,15H2,1H3,(H,24,28). The quantitative estimate of drug-likeness (QED) is 0.437. The Morgan fingerprint density at radius 3 is 2.67 bits per heavy atom. The third-order valence-electron chi connectivity index (χ3n) is 4.54. The van der Waals surface area contributed by atoms with E-state index in [0.717, 1.165) is 27.8 Å². The molecule has 2 aromatic carbocycles. The number of ether oxygens (including phenoxy) is 1. The van der Waals surface area contributed by atoms with Gasteiger partial charge < -0.3 is 10.1 Å². The number of nitrogens with one attached hydrogen (secondary N) is 1. The van der Waals surface area contributed by atoms with Gasteiger partial charge in [0.25, 0.3) is 0 Å². The van der Waals surface area contributed by atoms with Crippen molar-refractivity contribution < 1.29 is 9.53 Å². The van der Waals surface area contributed by atoms with Crippen molar-refractivity contribution in [2.75, 3.05) is 24.8 Å². The van der Waals surface area contributed by atoms with E-state index in [0.29, 0.717) is 18.3 Å². The van der Waals surface area contributed by atoms with Crippen molar-refractivity contribution in [2.45, 2.75) is 11.7 Å². The van der Waals surface area contributed by atoms with Gasteiger partial charge in [-0.15, -0.1) is 10.2 Å². The van der Waals surface area contributed by atoms with Crippen LogP contribution in [0.3, 0.4) is 0 Å². The number of methoxy groups -OCH3 is 1. The normalized spacial score (nSPS) is 11.0. The van der Waals surface area contributed by atoms with Crippen molar-refractivity contribution in [3.63, 3.8) is 0 Å². The summed E-state index contributed by atoms with van der Waals surface area (Å²) in [5.41, 5.74) is 1.69. The number of amides is 1. The van der Waals surface area contributed by atoms with E-state index < -0.39 is 0 Å². The minimum Gasteiger partial charge on any atom is -0.383 e. The highest BCUT2D eigenvalue weighted by atomic mass is 32.2. The Labute approximate surface area is 178 Å². The molecule has 152 valence electrons. The van der Waals surface area contributed by atoms with E-state index in [-0.39, 0.29) is 11.7 Å². The number of thioether (sulfide) groups is 1. The van der Waals surface area contributed by atoms with Crippen molar-refractivity contribution >= 4 is 34.1 Å². The predicted octanol–water partition coefficient (Wildman–Crippen LogP) is 3.87. The summed E-state index contributed by atoms with van der Waals surface area (Å²) in [5.74, 6) is 0.864. The van der Waals surface area contributed by atoms with Gasteiger partial charge in [0.1, 0.15) is 0 Å². The number of carbonyl (C=O) groups is 1. The fraction of sp³-hybridized carbons (Fsp3) is 0.182. The Morgan fingerprint density at radius 2 is 1.87 bits per heavy atom. The lowest BCUT2D eigenvalue weighted by atomic mass is 10.1. The molecule has 0 bridgehead atoms. The summed E-state index contributed by atoms with van der Waals surface area (Å²) in [7, 11) is 1.65. The van der Waals surface area contributed by atoms with E-state index in [1.807, 2.05) is 59.2 Å². The molecule has 8 heteroatoms. The second-order valence-corrected chi connectivity index (χ2v) is 7.53. The van der Waals surface area contributed by atoms with Crippen molar-refractivity contribution in [1.29, 1.82) is 0 Å². The number of fused-ring (bicyclic) bond motifs is 1. The van der Waals surface area contributed by atoms with Crippen LogP contribution < -0.4 is 5.32 Å². The molecule has 2 heterocycles. The molecule has 0 aliphatic carbocycles. The number of carbonyl (C=O) groups excluding carboxylic acids is 1. The molecule has 4 rings (SSSR count). The SMILES string of the molecule is COCCn1c(SCC(=O)Nc2ccc3ccccc3c2)nnc1-c1ccncc1. The molecule has 4 aromatic rings. The molecule has 1 amide bonds. The van der Waals surface area contributed by atoms with Crippen LogP contribution in [0.5, 0.6) is 0 Å². The zero-order chi connectivity index (χ0) is 20.8. The molecule has 30 heavy (non-hydrogen) atoms. The Hall–Kier alpha value is -3.23. The van der Waals surface area contributed by atoms with Crippen LogP contribution in [0.4, 0.5) is 5.69 Å². The van der Waals surface area contributed by atoms with Gasteiger partial charge in [0, 0.05) is 30.8 Å². The lowest BCUT2D eigenvalue weighted by Crippen LogP contribution is -2.15. The van der Waals surface area contributed by atoms with E-state index in [1.165, 1.54) is 11.8 Å². The molecule has 0 aliphatic rings. The number of aromatic nitrogens is 4. The van der Waals surface area contributed by atoms with Crippen LogP contribution in [0.2, 0.25) is 0 Å². The van der Waals surface area contributed by atoms with E-state index in [2.05, 4.69) is 20.5 Å². The van der Waals surface area contributed by atoms with E-state index >= 15 is 0 Å². The van der Waals surface area contributed by atoms with Crippen molar-refractivity contribution in [1.82, 2.24) is 19.7 Å². The number of rotatable bonds is 8. The van der Waals surface area contributed by atoms with Gasteiger partial charge in [-0.05, 0) is 35.0 Å². The van der Waals surface area contributed by atoms with Crippen LogP contribution in [-0.2, 0) is 16.1 Å². The molecule has 0 saturated carbocycles. The molecule has 0 spiro atoms. The average molecular weight is 420 g/mol. The molecule has 0 atom stereocenters. The average Bonchev–Trinajstić information content (AvgIpc) is 3.19. The van der Waals surface area contributed by atoms with Crippen LogP contribution in [0, 0.1) is 0 Å². The van der Waals surface area contributed by atoms with Gasteiger partial charge in [0.05, 0.1) is 18.9 Å². The van der Waals surface area contributed by atoms with Gasteiger partial charge in [0.15, 0.2) is 11.0 Å². The van der Waals surface area contributed by atoms with E-state index in [4.69, 9.17) is 4.74 Å². The smallest absolute Gasteiger partial charge is 0.234 e. The maximum atomic E-state index is 12.5. The maximum Gasteiger partial charge on any atom is 0.234 e. The van der Waals surface area contributed by atoms with Gasteiger partial charge in [0.2, 0.25) is 5.91 Å². The summed E-state index contributed by atoms with van der Waals surface area (Å²) < 4.78 is 7.19. The first-order valence-corrected chi connectivity index (χ1v) is 10.5. The molecular weight excluding hydrogens is 398 g/mol. The lowest BCUT2D eigenvalue weighted by Gasteiger charge is -2.10. The summed E-state index contributed by atoms with van der Waals surface area (Å²) >= 11 is 1.35. The third-order valence-corrected chi connectivity index (χ3v) is 5.51. The fourth-order valence-electron chi connectivity index (χ4n) is 3.09. The summed E-state index contributed by atoms with van der Waals surface area (Å²) in [6.07, 6.45) is 3.43. The van der Waals surface area contributed by atoms with Gasteiger partial charge in [-0.25, -0.2) is 0 Å². The van der Waals surface area contributed by atoms with Crippen molar-refractivity contribution in [2.24, 2.45) is 0 Å². The van der Waals surface area contributed by atoms with Crippen LogP contribution >= 0.6 is 11.8 Å². The molecule has 0 aliphatic heterocycles. The minimum atomic E-state index is -0.0953. The molecule has 0 saturated heterocycles. The van der Waals surface area contributed by atoms with E-state index in [9.17, 15) is 4.79 Å². The number of pyridine rings is 1. The molecular formula is C22H21N5O2S. The molecule has 1 N–H and O–H groups in total. The molecule has 7 nitrogen and oxygen atoms in total. The van der Waals surface area contributed by atoms with Gasteiger partial charge in [-0.2, -0.15) is 0 Å². The van der Waals surface area contributed by atoms with Crippen LogP contribution in [0.15, 0.2) is 72.1 Å². The number of hydrogen-bond donors (Lipinski definition) is 1. The van der Waals surface area contributed by atoms with Gasteiger partial charge >= 0.3 is 0 Å². The van der Waals surface area contributed by atoms with Crippen molar-refractivity contribution in [3.8, 4) is 11.4 Å². The van der Waals surface area contributed by atoms with Gasteiger partial charge in [-0.1, -0.05) is 42.1 Å². The van der Waals surface area contributed by atoms with Crippen LogP contribution in [0.1, 0.15) is 0 Å². The Bertz CT molecular complexity index is 1150. The number of anilines is 1. The Kier molecular flexibility index (Phi) is 6.36. The second-order valence-electron chi connectivity index (χ2n) is 6.59. The first-order chi connectivity index (χ1) is 14.7. The molecule has 2 aromatic heterocycles. The summed E-state index contributed by atoms with van der Waals surface area (Å²) in [6.45, 7) is 1.11. The predicted molar refractivity (Wildman–Crippen MR) is 118 cm³/mol. The minimum absolute atomic E-state index is 0.0953. The monoisotopic (exact) mass is 419 g/mol. The molecule has 0 unspecified atom stereocenters. The lowest BCUT2D eigenvalue weighted by molar-refractivity contribution is -0.113. The second kappa shape index (κ2) is 9.51. The Balaban J connectivity index is 1.45. The van der Waals surface area contributed by atoms with Crippen LogP contribution in [-0.4, -0.2) is 45.1 Å². The summed E-state index contributed by atoms with van der Waals surface area (Å²) in [4.78, 5) is 16.5. The first kappa shape index (κ1) is 20.1. The Morgan fingerprint density at radius 1 is 1.07 bits per heavy atom. The molecule has 0 fully saturated rings. The number of hydrogen-bond acceptors (Lipinski definition) is 6. The zero-order valence-corrected chi connectivity index (χ0v) is 17.3. The summed E-state index contributed by atoms with van der Waals surface area (Å²) in [6, 6.07) is 17.7. The highest BCUT2D eigenvalue weighted by Gasteiger charge is 2.15. The number of benzene rings is 2.